The quantitative estimate of drug-likeness (QED) is 0.508. The second-order valence-corrected chi connectivity index (χ2v) is 4.87. The second kappa shape index (κ2) is 6.17. The third-order valence-corrected chi connectivity index (χ3v) is 3.62. The lowest BCUT2D eigenvalue weighted by atomic mass is 9.93. The minimum atomic E-state index is 0.0594. The van der Waals surface area contributed by atoms with Gasteiger partial charge in [0.25, 0.3) is 0 Å². The Bertz CT molecular complexity index is 290. The van der Waals surface area contributed by atoms with Crippen LogP contribution in [0.5, 0.6) is 0 Å². The molecule has 0 aromatic carbocycles. The van der Waals surface area contributed by atoms with E-state index in [0.29, 0.717) is 31.6 Å². The predicted molar refractivity (Wildman–Crippen MR) is 64.4 cm³/mol. The third kappa shape index (κ3) is 3.30. The van der Waals surface area contributed by atoms with Gasteiger partial charge in [0, 0.05) is 19.1 Å². The van der Waals surface area contributed by atoms with Gasteiger partial charge >= 0.3 is 0 Å². The minimum Gasteiger partial charge on any atom is -0.394 e. The summed E-state index contributed by atoms with van der Waals surface area (Å²) in [6, 6.07) is 0. The van der Waals surface area contributed by atoms with Crippen molar-refractivity contribution < 1.29 is 14.6 Å². The van der Waals surface area contributed by atoms with E-state index in [-0.39, 0.29) is 18.4 Å². The van der Waals surface area contributed by atoms with Crippen molar-refractivity contribution in [1.29, 1.82) is 0 Å². The summed E-state index contributed by atoms with van der Waals surface area (Å²) in [5.74, 6) is 1.52. The van der Waals surface area contributed by atoms with Gasteiger partial charge < -0.3 is 15.2 Å². The normalized spacial score (nSPS) is 29.8. The summed E-state index contributed by atoms with van der Waals surface area (Å²) in [7, 11) is 0. The van der Waals surface area contributed by atoms with Crippen LogP contribution in [0.25, 0.3) is 0 Å². The number of carbonyl (C=O) groups is 1. The molecule has 0 spiro atoms. The van der Waals surface area contributed by atoms with Crippen LogP contribution in [-0.4, -0.2) is 37.4 Å². The lowest BCUT2D eigenvalue weighted by Crippen LogP contribution is -2.33. The topological polar surface area (TPSA) is 58.6 Å². The zero-order chi connectivity index (χ0) is 12.1. The van der Waals surface area contributed by atoms with Gasteiger partial charge in [0.15, 0.2) is 0 Å². The molecule has 4 heteroatoms. The fraction of sp³-hybridized carbons (Fsp3) is 0.769. The van der Waals surface area contributed by atoms with Crippen LogP contribution in [0.15, 0.2) is 12.2 Å². The van der Waals surface area contributed by atoms with Gasteiger partial charge in [-0.05, 0) is 31.1 Å². The summed E-state index contributed by atoms with van der Waals surface area (Å²) >= 11 is 0. The van der Waals surface area contributed by atoms with Gasteiger partial charge in [-0.1, -0.05) is 12.2 Å². The maximum atomic E-state index is 11.9. The van der Waals surface area contributed by atoms with Crippen molar-refractivity contribution in [2.75, 3.05) is 26.4 Å². The summed E-state index contributed by atoms with van der Waals surface area (Å²) in [6.45, 7) is 1.70. The van der Waals surface area contributed by atoms with E-state index >= 15 is 0 Å². The van der Waals surface area contributed by atoms with Gasteiger partial charge in [0.1, 0.15) is 0 Å². The molecule has 0 aromatic rings. The number of rotatable bonds is 7. The Morgan fingerprint density at radius 1 is 1.35 bits per heavy atom. The number of aliphatic hydroxyl groups excluding tert-OH is 1. The van der Waals surface area contributed by atoms with Crippen LogP contribution in [0.1, 0.15) is 19.3 Å². The van der Waals surface area contributed by atoms with Crippen LogP contribution < -0.4 is 5.32 Å². The van der Waals surface area contributed by atoms with Gasteiger partial charge in [0.2, 0.25) is 5.91 Å². The summed E-state index contributed by atoms with van der Waals surface area (Å²) in [5, 5.41) is 11.5. The fourth-order valence-corrected chi connectivity index (χ4v) is 2.77. The molecule has 3 unspecified atom stereocenters. The molecule has 2 N–H and O–H groups in total. The van der Waals surface area contributed by atoms with E-state index in [1.165, 1.54) is 0 Å². The van der Waals surface area contributed by atoms with Crippen LogP contribution in [0, 0.1) is 17.8 Å². The zero-order valence-electron chi connectivity index (χ0n) is 10.1. The summed E-state index contributed by atoms with van der Waals surface area (Å²) in [6.07, 6.45) is 7.44. The molecule has 0 aliphatic heterocycles. The average Bonchev–Trinajstić information content (AvgIpc) is 2.95. The number of allylic oxidation sites excluding steroid dienone is 2. The molecule has 4 nitrogen and oxygen atoms in total. The molecular weight excluding hydrogens is 218 g/mol. The highest BCUT2D eigenvalue weighted by Crippen LogP contribution is 2.43. The Morgan fingerprint density at radius 2 is 2.24 bits per heavy atom. The van der Waals surface area contributed by atoms with Gasteiger partial charge in [-0.25, -0.2) is 0 Å². The Kier molecular flexibility index (Phi) is 4.57. The number of hydrogen-bond acceptors (Lipinski definition) is 3. The minimum absolute atomic E-state index is 0.0594. The molecule has 96 valence electrons. The number of nitrogens with one attached hydrogen (secondary N) is 1. The van der Waals surface area contributed by atoms with Gasteiger partial charge in [-0.2, -0.15) is 0 Å². The largest absolute Gasteiger partial charge is 0.394 e. The molecule has 2 aliphatic rings. The monoisotopic (exact) mass is 239 g/mol. The summed E-state index contributed by atoms with van der Waals surface area (Å²) in [5.41, 5.74) is 0. The molecule has 3 atom stereocenters. The van der Waals surface area contributed by atoms with E-state index in [2.05, 4.69) is 17.5 Å². The fourth-order valence-electron chi connectivity index (χ4n) is 2.77. The highest BCUT2D eigenvalue weighted by molar-refractivity contribution is 5.79. The van der Waals surface area contributed by atoms with E-state index < -0.39 is 0 Å². The van der Waals surface area contributed by atoms with Crippen molar-refractivity contribution >= 4 is 5.91 Å². The van der Waals surface area contributed by atoms with Gasteiger partial charge in [-0.3, -0.25) is 4.79 Å². The molecule has 0 aromatic heterocycles. The lowest BCUT2D eigenvalue weighted by molar-refractivity contribution is -0.125. The van der Waals surface area contributed by atoms with Gasteiger partial charge in [0.05, 0.1) is 13.2 Å². The number of fused-ring (bicyclic) bond motifs is 2. The van der Waals surface area contributed by atoms with Crippen molar-refractivity contribution in [3.05, 3.63) is 12.2 Å². The maximum absolute atomic E-state index is 11.9. The number of hydrogen-bond donors (Lipinski definition) is 2. The van der Waals surface area contributed by atoms with Crippen molar-refractivity contribution in [2.45, 2.75) is 19.3 Å². The zero-order valence-corrected chi connectivity index (χ0v) is 10.1. The molecule has 0 saturated heterocycles. The Balaban J connectivity index is 1.57. The first kappa shape index (κ1) is 12.6. The average molecular weight is 239 g/mol. The lowest BCUT2D eigenvalue weighted by Gasteiger charge is -2.17. The molecular formula is C13H21NO3. The van der Waals surface area contributed by atoms with E-state index in [4.69, 9.17) is 9.84 Å². The smallest absolute Gasteiger partial charge is 0.223 e. The Morgan fingerprint density at radius 3 is 2.88 bits per heavy atom. The SMILES string of the molecule is O=C(NCCCOCCO)C1CC2C=CC1C2. The third-order valence-electron chi connectivity index (χ3n) is 3.62. The molecule has 2 aliphatic carbocycles. The van der Waals surface area contributed by atoms with E-state index in [9.17, 15) is 4.79 Å². The predicted octanol–water partition coefficient (Wildman–Crippen LogP) is 0.714. The van der Waals surface area contributed by atoms with Crippen LogP contribution >= 0.6 is 0 Å². The van der Waals surface area contributed by atoms with Gasteiger partial charge in [-0.15, -0.1) is 0 Å². The Labute approximate surface area is 102 Å². The van der Waals surface area contributed by atoms with E-state index in [1.54, 1.807) is 0 Å². The van der Waals surface area contributed by atoms with Crippen molar-refractivity contribution in [2.24, 2.45) is 17.8 Å². The maximum Gasteiger partial charge on any atom is 0.223 e. The number of carbonyl (C=O) groups excluding carboxylic acids is 1. The highest BCUT2D eigenvalue weighted by Gasteiger charge is 2.39. The van der Waals surface area contributed by atoms with Crippen LogP contribution in [-0.2, 0) is 9.53 Å². The first-order chi connectivity index (χ1) is 8.31. The first-order valence-corrected chi connectivity index (χ1v) is 6.46. The molecule has 1 fully saturated rings. The van der Waals surface area contributed by atoms with E-state index in [1.807, 2.05) is 0 Å². The van der Waals surface area contributed by atoms with Crippen LogP contribution in [0.4, 0.5) is 0 Å². The molecule has 0 heterocycles. The van der Waals surface area contributed by atoms with Crippen molar-refractivity contribution in [3.63, 3.8) is 0 Å². The number of amides is 1. The molecule has 2 bridgehead atoms. The standard InChI is InChI=1S/C13H21NO3/c15-5-7-17-6-1-4-14-13(16)12-9-10-2-3-11(12)8-10/h2-3,10-12,15H,1,4-9H2,(H,14,16). The second-order valence-electron chi connectivity index (χ2n) is 4.87. The molecule has 0 radical (unpaired) electrons. The Hall–Kier alpha value is -0.870. The van der Waals surface area contributed by atoms with Crippen LogP contribution in [0.3, 0.4) is 0 Å². The van der Waals surface area contributed by atoms with Crippen molar-refractivity contribution in [3.8, 4) is 0 Å². The number of aliphatic hydroxyl groups is 1. The van der Waals surface area contributed by atoms with Crippen molar-refractivity contribution in [1.82, 2.24) is 5.32 Å². The van der Waals surface area contributed by atoms with E-state index in [0.717, 1.165) is 19.3 Å². The summed E-state index contributed by atoms with van der Waals surface area (Å²) < 4.78 is 5.13. The first-order valence-electron chi connectivity index (χ1n) is 6.46. The summed E-state index contributed by atoms with van der Waals surface area (Å²) in [4.78, 5) is 11.9. The number of ether oxygens (including phenoxy) is 1. The molecule has 1 saturated carbocycles. The molecule has 1 amide bonds. The van der Waals surface area contributed by atoms with Crippen LogP contribution in [0.2, 0.25) is 0 Å². The molecule has 17 heavy (non-hydrogen) atoms. The highest BCUT2D eigenvalue weighted by atomic mass is 16.5. The molecule has 2 rings (SSSR count).